The van der Waals surface area contributed by atoms with Crippen LogP contribution < -0.4 is 4.74 Å². The number of hydrogen-bond acceptors (Lipinski definition) is 1. The van der Waals surface area contributed by atoms with E-state index in [2.05, 4.69) is 50.3 Å². The third kappa shape index (κ3) is 11.4. The van der Waals surface area contributed by atoms with E-state index in [-0.39, 0.29) is 0 Å². The number of unbranched alkanes of at least 4 members (excludes halogenated alkanes) is 4. The number of rotatable bonds is 17. The van der Waals surface area contributed by atoms with Crippen LogP contribution in [0.4, 0.5) is 0 Å². The molecular formula is C35H58O. The Bertz CT molecular complexity index is 681. The lowest BCUT2D eigenvalue weighted by Crippen LogP contribution is -2.20. The van der Waals surface area contributed by atoms with Crippen molar-refractivity contribution in [2.24, 2.45) is 23.7 Å². The predicted molar refractivity (Wildman–Crippen MR) is 158 cm³/mol. The average Bonchev–Trinajstić information content (AvgIpc) is 2.92. The highest BCUT2D eigenvalue weighted by Crippen LogP contribution is 2.36. The van der Waals surface area contributed by atoms with Gasteiger partial charge in [-0.25, -0.2) is 0 Å². The fourth-order valence-corrected chi connectivity index (χ4v) is 6.88. The molecule has 0 N–H and O–H groups in total. The highest BCUT2D eigenvalue weighted by Gasteiger charge is 2.24. The summed E-state index contributed by atoms with van der Waals surface area (Å²) in [6.07, 6.45) is 32.8. The zero-order chi connectivity index (χ0) is 25.3. The molecular weight excluding hydrogens is 436 g/mol. The third-order valence-corrected chi connectivity index (χ3v) is 9.27. The summed E-state index contributed by atoms with van der Waals surface area (Å²) in [5.74, 6) is 4.85. The fraction of sp³-hybridized carbons (Fsp3) is 0.771. The summed E-state index contributed by atoms with van der Waals surface area (Å²) >= 11 is 0. The number of ether oxygens (including phenoxy) is 1. The molecule has 0 radical (unpaired) electrons. The molecule has 2 atom stereocenters. The molecule has 1 aromatic rings. The van der Waals surface area contributed by atoms with Gasteiger partial charge in [-0.2, -0.15) is 0 Å². The van der Waals surface area contributed by atoms with Crippen molar-refractivity contribution in [3.8, 4) is 5.75 Å². The van der Waals surface area contributed by atoms with Gasteiger partial charge in [0, 0.05) is 0 Å². The highest BCUT2D eigenvalue weighted by molar-refractivity contribution is 5.27. The third-order valence-electron chi connectivity index (χ3n) is 9.27. The van der Waals surface area contributed by atoms with Gasteiger partial charge in [0.15, 0.2) is 0 Å². The highest BCUT2D eigenvalue weighted by atomic mass is 16.5. The quantitative estimate of drug-likeness (QED) is 0.154. The molecule has 2 aliphatic rings. The van der Waals surface area contributed by atoms with Crippen LogP contribution in [0, 0.1) is 23.7 Å². The second-order valence-corrected chi connectivity index (χ2v) is 12.2. The van der Waals surface area contributed by atoms with Crippen LogP contribution >= 0.6 is 0 Å². The van der Waals surface area contributed by atoms with Crippen LogP contribution in [-0.4, -0.2) is 6.61 Å². The van der Waals surface area contributed by atoms with Crippen LogP contribution in [0.25, 0.3) is 0 Å². The van der Waals surface area contributed by atoms with Crippen LogP contribution in [0.5, 0.6) is 5.75 Å². The molecule has 204 valence electrons. The van der Waals surface area contributed by atoms with E-state index in [1.807, 2.05) is 0 Å². The molecule has 1 heteroatoms. The summed E-state index contributed by atoms with van der Waals surface area (Å²) in [7, 11) is 0. The Balaban J connectivity index is 1.25. The molecule has 36 heavy (non-hydrogen) atoms. The van der Waals surface area contributed by atoms with Gasteiger partial charge >= 0.3 is 0 Å². The Morgan fingerprint density at radius 2 is 1.36 bits per heavy atom. The predicted octanol–water partition coefficient (Wildman–Crippen LogP) is 11.1. The van der Waals surface area contributed by atoms with E-state index < -0.39 is 0 Å². The van der Waals surface area contributed by atoms with E-state index in [1.165, 1.54) is 121 Å². The lowest BCUT2D eigenvalue weighted by Gasteiger charge is -2.31. The molecule has 2 saturated carbocycles. The largest absolute Gasteiger partial charge is 0.494 e. The molecule has 0 saturated heterocycles. The first-order valence-electron chi connectivity index (χ1n) is 16.2. The zero-order valence-electron chi connectivity index (χ0n) is 24.0. The van der Waals surface area contributed by atoms with Crippen LogP contribution in [-0.2, 0) is 6.42 Å². The maximum Gasteiger partial charge on any atom is 0.119 e. The first-order chi connectivity index (χ1) is 17.8. The van der Waals surface area contributed by atoms with Crippen molar-refractivity contribution in [3.63, 3.8) is 0 Å². The molecule has 0 amide bonds. The molecule has 0 aromatic heterocycles. The van der Waals surface area contributed by atoms with Crippen LogP contribution in [0.1, 0.15) is 141 Å². The second kappa shape index (κ2) is 18.1. The van der Waals surface area contributed by atoms with Crippen LogP contribution in [0.15, 0.2) is 36.4 Å². The number of benzene rings is 1. The molecule has 0 spiro atoms. The number of allylic oxidation sites excluding steroid dienone is 2. The van der Waals surface area contributed by atoms with Crippen molar-refractivity contribution in [1.82, 2.24) is 0 Å². The smallest absolute Gasteiger partial charge is 0.119 e. The van der Waals surface area contributed by atoms with E-state index in [0.717, 1.165) is 48.9 Å². The van der Waals surface area contributed by atoms with Gasteiger partial charge in [-0.3, -0.25) is 0 Å². The zero-order valence-corrected chi connectivity index (χ0v) is 24.0. The van der Waals surface area contributed by atoms with Crippen molar-refractivity contribution in [2.45, 2.75) is 142 Å². The standard InChI is InChI=1S/C35H58O/c1-3-5-7-14-30-21-23-31(24-22-30)15-9-10-16-32-25-27-35(28-26-32)36-29-13-20-34-19-12-11-18-33(34)17-8-6-4-2/h9,15,25-28,30-31,33-34H,3-8,10-14,16-24,29H2,1-2H3. The average molecular weight is 495 g/mol. The minimum absolute atomic E-state index is 0.837. The minimum Gasteiger partial charge on any atom is -0.494 e. The summed E-state index contributed by atoms with van der Waals surface area (Å²) in [6, 6.07) is 8.92. The van der Waals surface area contributed by atoms with Crippen molar-refractivity contribution in [2.75, 3.05) is 6.61 Å². The number of aryl methyl sites for hydroxylation is 1. The topological polar surface area (TPSA) is 9.23 Å². The first kappa shape index (κ1) is 29.3. The van der Waals surface area contributed by atoms with Gasteiger partial charge in [-0.15, -0.1) is 0 Å². The molecule has 1 aromatic carbocycles. The molecule has 0 bridgehead atoms. The Morgan fingerprint density at radius 3 is 2.03 bits per heavy atom. The fourth-order valence-electron chi connectivity index (χ4n) is 6.88. The summed E-state index contributed by atoms with van der Waals surface area (Å²) in [4.78, 5) is 0. The van der Waals surface area contributed by atoms with Crippen molar-refractivity contribution >= 4 is 0 Å². The maximum absolute atomic E-state index is 6.12. The van der Waals surface area contributed by atoms with E-state index in [4.69, 9.17) is 4.74 Å². The Kier molecular flexibility index (Phi) is 14.7. The van der Waals surface area contributed by atoms with Gasteiger partial charge in [0.05, 0.1) is 6.61 Å². The SMILES string of the molecule is CCCCCC1CCC(C=CCCc2ccc(OCCCC3CCCCC3CCCCC)cc2)CC1. The maximum atomic E-state index is 6.12. The van der Waals surface area contributed by atoms with Crippen molar-refractivity contribution < 1.29 is 4.74 Å². The molecule has 0 aliphatic heterocycles. The number of hydrogen-bond donors (Lipinski definition) is 0. The molecule has 2 aliphatic carbocycles. The first-order valence-corrected chi connectivity index (χ1v) is 16.2. The van der Waals surface area contributed by atoms with E-state index in [9.17, 15) is 0 Å². The summed E-state index contributed by atoms with van der Waals surface area (Å²) < 4.78 is 6.12. The molecule has 3 rings (SSSR count). The van der Waals surface area contributed by atoms with Crippen LogP contribution in [0.2, 0.25) is 0 Å². The molecule has 1 nitrogen and oxygen atoms in total. The van der Waals surface area contributed by atoms with Gasteiger partial charge < -0.3 is 4.74 Å². The lowest BCUT2D eigenvalue weighted by molar-refractivity contribution is 0.190. The van der Waals surface area contributed by atoms with Gasteiger partial charge in [0.25, 0.3) is 0 Å². The summed E-state index contributed by atoms with van der Waals surface area (Å²) in [5, 5.41) is 0. The van der Waals surface area contributed by atoms with Crippen molar-refractivity contribution in [1.29, 1.82) is 0 Å². The molecule has 2 unspecified atom stereocenters. The van der Waals surface area contributed by atoms with Gasteiger partial charge in [0.1, 0.15) is 5.75 Å². The second-order valence-electron chi connectivity index (χ2n) is 12.2. The molecule has 2 fully saturated rings. The van der Waals surface area contributed by atoms with E-state index in [1.54, 1.807) is 0 Å². The summed E-state index contributed by atoms with van der Waals surface area (Å²) in [6.45, 7) is 5.51. The summed E-state index contributed by atoms with van der Waals surface area (Å²) in [5.41, 5.74) is 1.43. The van der Waals surface area contributed by atoms with Gasteiger partial charge in [-0.1, -0.05) is 115 Å². The minimum atomic E-state index is 0.837. The Labute approximate surface area is 224 Å². The molecule has 0 heterocycles. The lowest BCUT2D eigenvalue weighted by atomic mass is 9.74. The van der Waals surface area contributed by atoms with Gasteiger partial charge in [0.2, 0.25) is 0 Å². The van der Waals surface area contributed by atoms with Crippen LogP contribution in [0.3, 0.4) is 0 Å². The van der Waals surface area contributed by atoms with Gasteiger partial charge in [-0.05, 0) is 92.7 Å². The van der Waals surface area contributed by atoms with E-state index >= 15 is 0 Å². The monoisotopic (exact) mass is 494 g/mol. The Morgan fingerprint density at radius 1 is 0.722 bits per heavy atom. The van der Waals surface area contributed by atoms with Crippen molar-refractivity contribution in [3.05, 3.63) is 42.0 Å². The van der Waals surface area contributed by atoms with E-state index in [0.29, 0.717) is 0 Å². The normalized spacial score (nSPS) is 24.8. The Hall–Kier alpha value is -1.24.